The fourth-order valence-electron chi connectivity index (χ4n) is 0.979. The summed E-state index contributed by atoms with van der Waals surface area (Å²) >= 11 is 0. The van der Waals surface area contributed by atoms with Gasteiger partial charge in [0.2, 0.25) is 0 Å². The zero-order chi connectivity index (χ0) is 10.9. The molecule has 3 heteroatoms. The van der Waals surface area contributed by atoms with Gasteiger partial charge in [-0.3, -0.25) is 0 Å². The van der Waals surface area contributed by atoms with Crippen molar-refractivity contribution in [2.45, 2.75) is 19.9 Å². The minimum Gasteiger partial charge on any atom is -0.383 e. The molecule has 0 amide bonds. The number of rotatable bonds is 5. The van der Waals surface area contributed by atoms with E-state index in [0.717, 1.165) is 13.2 Å². The van der Waals surface area contributed by atoms with Crippen LogP contribution < -0.4 is 0 Å². The van der Waals surface area contributed by atoms with Gasteiger partial charge in [0.05, 0.1) is 6.61 Å². The molecule has 0 aliphatic carbocycles. The van der Waals surface area contributed by atoms with Crippen molar-refractivity contribution >= 4 is 0 Å². The smallest absolute Gasteiger partial charge is 0.0630 e. The standard InChI is InChI=1S/C8H20N2O.C2H6/c1-9(2)6-8(7-11-5)10(3)4;1-2/h8H,6-7H2,1-5H3;1-2H3. The van der Waals surface area contributed by atoms with Gasteiger partial charge in [-0.2, -0.15) is 0 Å². The molecule has 0 bridgehead atoms. The average molecular weight is 190 g/mol. The Kier molecular flexibility index (Phi) is 11.8. The fourth-order valence-corrected chi connectivity index (χ4v) is 0.979. The summed E-state index contributed by atoms with van der Waals surface area (Å²) in [6.45, 7) is 5.84. The van der Waals surface area contributed by atoms with E-state index in [4.69, 9.17) is 4.74 Å². The SMILES string of the molecule is CC.COCC(CN(C)C)N(C)C. The molecule has 0 aromatic rings. The fraction of sp³-hybridized carbons (Fsp3) is 1.00. The maximum atomic E-state index is 5.10. The molecule has 0 aromatic carbocycles. The summed E-state index contributed by atoms with van der Waals surface area (Å²) in [7, 11) is 10.0. The molecule has 13 heavy (non-hydrogen) atoms. The van der Waals surface area contributed by atoms with E-state index in [2.05, 4.69) is 38.0 Å². The third-order valence-electron chi connectivity index (χ3n) is 1.67. The molecule has 82 valence electrons. The minimum atomic E-state index is 0.495. The van der Waals surface area contributed by atoms with Crippen LogP contribution in [-0.2, 0) is 4.74 Å². The molecule has 0 N–H and O–H groups in total. The number of ether oxygens (including phenoxy) is 1. The van der Waals surface area contributed by atoms with E-state index in [1.807, 2.05) is 13.8 Å². The lowest BCUT2D eigenvalue weighted by atomic mass is 10.3. The average Bonchev–Trinajstić information content (AvgIpc) is 2.06. The molecule has 0 saturated carbocycles. The predicted octanol–water partition coefficient (Wildman–Crippen LogP) is 1.15. The van der Waals surface area contributed by atoms with Crippen LogP contribution in [0.3, 0.4) is 0 Å². The first-order valence-corrected chi connectivity index (χ1v) is 4.88. The van der Waals surface area contributed by atoms with E-state index in [1.54, 1.807) is 7.11 Å². The van der Waals surface area contributed by atoms with Crippen molar-refractivity contribution in [2.75, 3.05) is 48.5 Å². The molecule has 0 heterocycles. The Morgan fingerprint density at radius 3 is 1.77 bits per heavy atom. The highest BCUT2D eigenvalue weighted by molar-refractivity contribution is 4.67. The number of hydrogen-bond donors (Lipinski definition) is 0. The van der Waals surface area contributed by atoms with Crippen molar-refractivity contribution < 1.29 is 4.74 Å². The van der Waals surface area contributed by atoms with E-state index >= 15 is 0 Å². The first-order valence-electron chi connectivity index (χ1n) is 4.88. The van der Waals surface area contributed by atoms with Gasteiger partial charge in [-0.05, 0) is 28.2 Å². The quantitative estimate of drug-likeness (QED) is 0.647. The van der Waals surface area contributed by atoms with Crippen LogP contribution in [-0.4, -0.2) is 64.3 Å². The molecule has 0 rings (SSSR count). The van der Waals surface area contributed by atoms with Crippen molar-refractivity contribution in [2.24, 2.45) is 0 Å². The van der Waals surface area contributed by atoms with E-state index < -0.39 is 0 Å². The summed E-state index contributed by atoms with van der Waals surface area (Å²) in [5.74, 6) is 0. The largest absolute Gasteiger partial charge is 0.383 e. The maximum Gasteiger partial charge on any atom is 0.0630 e. The van der Waals surface area contributed by atoms with Crippen LogP contribution in [0.4, 0.5) is 0 Å². The molecule has 0 fully saturated rings. The topological polar surface area (TPSA) is 15.7 Å². The third-order valence-corrected chi connectivity index (χ3v) is 1.67. The van der Waals surface area contributed by atoms with Gasteiger partial charge in [0.25, 0.3) is 0 Å². The molecular formula is C10H26N2O. The summed E-state index contributed by atoms with van der Waals surface area (Å²) in [4.78, 5) is 4.35. The normalized spacial score (nSPS) is 12.7. The number of likely N-dealkylation sites (N-methyl/N-ethyl adjacent to an activating group) is 2. The van der Waals surface area contributed by atoms with E-state index in [0.29, 0.717) is 6.04 Å². The zero-order valence-electron chi connectivity index (χ0n) is 10.3. The summed E-state index contributed by atoms with van der Waals surface area (Å²) in [6, 6.07) is 0.495. The van der Waals surface area contributed by atoms with Crippen molar-refractivity contribution in [1.82, 2.24) is 9.80 Å². The van der Waals surface area contributed by atoms with Crippen molar-refractivity contribution in [3.05, 3.63) is 0 Å². The second-order valence-electron chi connectivity index (χ2n) is 3.34. The molecule has 1 unspecified atom stereocenters. The zero-order valence-corrected chi connectivity index (χ0v) is 10.3. The molecule has 1 atom stereocenters. The third kappa shape index (κ3) is 9.80. The predicted molar refractivity (Wildman–Crippen MR) is 59.3 cm³/mol. The summed E-state index contributed by atoms with van der Waals surface area (Å²) in [5.41, 5.74) is 0. The first-order chi connectivity index (χ1) is 6.07. The second kappa shape index (κ2) is 9.96. The highest BCUT2D eigenvalue weighted by Gasteiger charge is 2.10. The van der Waals surface area contributed by atoms with Crippen molar-refractivity contribution in [1.29, 1.82) is 0 Å². The Labute approximate surface area is 83.7 Å². The van der Waals surface area contributed by atoms with E-state index in [9.17, 15) is 0 Å². The number of methoxy groups -OCH3 is 1. The van der Waals surface area contributed by atoms with Gasteiger partial charge in [0, 0.05) is 19.7 Å². The van der Waals surface area contributed by atoms with Crippen molar-refractivity contribution in [3.8, 4) is 0 Å². The minimum absolute atomic E-state index is 0.495. The Morgan fingerprint density at radius 2 is 1.54 bits per heavy atom. The van der Waals surface area contributed by atoms with Crippen LogP contribution in [0.25, 0.3) is 0 Å². The Bertz CT molecular complexity index is 94.9. The molecule has 0 aliphatic heterocycles. The van der Waals surface area contributed by atoms with Gasteiger partial charge in [-0.1, -0.05) is 13.8 Å². The van der Waals surface area contributed by atoms with Gasteiger partial charge >= 0.3 is 0 Å². The summed E-state index contributed by atoms with van der Waals surface area (Å²) in [6.07, 6.45) is 0. The van der Waals surface area contributed by atoms with Gasteiger partial charge in [-0.25, -0.2) is 0 Å². The Balaban J connectivity index is 0. The van der Waals surface area contributed by atoms with Gasteiger partial charge in [0.1, 0.15) is 0 Å². The molecule has 0 aliphatic rings. The number of nitrogens with zero attached hydrogens (tertiary/aromatic N) is 2. The molecule has 0 radical (unpaired) electrons. The lowest BCUT2D eigenvalue weighted by Gasteiger charge is -2.26. The van der Waals surface area contributed by atoms with Gasteiger partial charge < -0.3 is 14.5 Å². The lowest BCUT2D eigenvalue weighted by molar-refractivity contribution is 0.103. The van der Waals surface area contributed by atoms with Crippen LogP contribution in [0.2, 0.25) is 0 Å². The maximum absolute atomic E-state index is 5.10. The van der Waals surface area contributed by atoms with Crippen molar-refractivity contribution in [3.63, 3.8) is 0 Å². The molecule has 3 nitrogen and oxygen atoms in total. The van der Waals surface area contributed by atoms with Crippen LogP contribution in [0.15, 0.2) is 0 Å². The van der Waals surface area contributed by atoms with Gasteiger partial charge in [-0.15, -0.1) is 0 Å². The second-order valence-corrected chi connectivity index (χ2v) is 3.34. The molecule has 0 saturated heterocycles. The highest BCUT2D eigenvalue weighted by Crippen LogP contribution is 1.95. The van der Waals surface area contributed by atoms with Crippen LogP contribution in [0.5, 0.6) is 0 Å². The van der Waals surface area contributed by atoms with Crippen LogP contribution >= 0.6 is 0 Å². The Hall–Kier alpha value is -0.120. The highest BCUT2D eigenvalue weighted by atomic mass is 16.5. The van der Waals surface area contributed by atoms with E-state index in [-0.39, 0.29) is 0 Å². The summed E-state index contributed by atoms with van der Waals surface area (Å²) < 4.78 is 5.10. The number of hydrogen-bond acceptors (Lipinski definition) is 3. The monoisotopic (exact) mass is 190 g/mol. The molecule has 0 spiro atoms. The molecular weight excluding hydrogens is 164 g/mol. The lowest BCUT2D eigenvalue weighted by Crippen LogP contribution is -2.40. The summed E-state index contributed by atoms with van der Waals surface area (Å²) in [5, 5.41) is 0. The van der Waals surface area contributed by atoms with Gasteiger partial charge in [0.15, 0.2) is 0 Å². The van der Waals surface area contributed by atoms with Crippen LogP contribution in [0, 0.1) is 0 Å². The Morgan fingerprint density at radius 1 is 1.08 bits per heavy atom. The van der Waals surface area contributed by atoms with Crippen LogP contribution in [0.1, 0.15) is 13.8 Å². The molecule has 0 aromatic heterocycles. The van der Waals surface area contributed by atoms with E-state index in [1.165, 1.54) is 0 Å². The first kappa shape index (κ1) is 15.4.